The molecule has 1 unspecified atom stereocenters. The van der Waals surface area contributed by atoms with Crippen LogP contribution in [0.25, 0.3) is 0 Å². The van der Waals surface area contributed by atoms with Gasteiger partial charge in [-0.3, -0.25) is 14.5 Å². The minimum absolute atomic E-state index is 0.0832. The lowest BCUT2D eigenvalue weighted by Crippen LogP contribution is -2.40. The molecule has 1 heterocycles. The first-order chi connectivity index (χ1) is 15.0. The molecule has 31 heavy (non-hydrogen) atoms. The van der Waals surface area contributed by atoms with Gasteiger partial charge in [0.2, 0.25) is 11.8 Å². The van der Waals surface area contributed by atoms with Crippen LogP contribution in [-0.2, 0) is 16.0 Å². The third-order valence-electron chi connectivity index (χ3n) is 4.64. The van der Waals surface area contributed by atoms with E-state index in [2.05, 4.69) is 43.7 Å². The van der Waals surface area contributed by atoms with Crippen LogP contribution in [0.4, 0.5) is 5.82 Å². The molecule has 0 saturated carbocycles. The Hall–Kier alpha value is -3.03. The fourth-order valence-corrected chi connectivity index (χ4v) is 3.44. The Bertz CT molecular complexity index is 981. The summed E-state index contributed by atoms with van der Waals surface area (Å²) in [6, 6.07) is 23.3. The first-order valence-corrected chi connectivity index (χ1v) is 10.8. The third kappa shape index (κ3) is 7.62. The van der Waals surface area contributed by atoms with Crippen LogP contribution < -0.4 is 10.6 Å². The molecule has 0 saturated heterocycles. The highest BCUT2D eigenvalue weighted by molar-refractivity contribution is 9.10. The van der Waals surface area contributed by atoms with Crippen molar-refractivity contribution < 1.29 is 9.59 Å². The molecule has 0 aliphatic rings. The van der Waals surface area contributed by atoms with Gasteiger partial charge in [-0.1, -0.05) is 60.7 Å². The van der Waals surface area contributed by atoms with Crippen LogP contribution in [-0.4, -0.2) is 41.8 Å². The van der Waals surface area contributed by atoms with E-state index in [1.807, 2.05) is 48.5 Å². The summed E-state index contributed by atoms with van der Waals surface area (Å²) in [7, 11) is 1.74. The van der Waals surface area contributed by atoms with Crippen LogP contribution >= 0.6 is 15.9 Å². The Morgan fingerprint density at radius 2 is 1.58 bits per heavy atom. The van der Waals surface area contributed by atoms with Gasteiger partial charge in [0.25, 0.3) is 0 Å². The number of likely N-dealkylation sites (N-methyl/N-ethyl adjacent to an activating group) is 1. The molecule has 3 aromatic rings. The highest BCUT2D eigenvalue weighted by Crippen LogP contribution is 2.18. The second kappa shape index (κ2) is 11.4. The molecule has 0 aliphatic heterocycles. The maximum Gasteiger partial charge on any atom is 0.239 e. The summed E-state index contributed by atoms with van der Waals surface area (Å²) in [6.45, 7) is 0.194. The van der Waals surface area contributed by atoms with Gasteiger partial charge in [0.15, 0.2) is 0 Å². The number of amides is 2. The fourth-order valence-electron chi connectivity index (χ4n) is 3.21. The van der Waals surface area contributed by atoms with Gasteiger partial charge in [-0.05, 0) is 52.7 Å². The normalized spacial score (nSPS) is 11.7. The minimum atomic E-state index is -0.228. The van der Waals surface area contributed by atoms with Crippen molar-refractivity contribution in [2.75, 3.05) is 25.5 Å². The number of pyridine rings is 1. The number of hydrogen-bond donors (Lipinski definition) is 2. The Morgan fingerprint density at radius 3 is 2.23 bits per heavy atom. The first kappa shape index (κ1) is 22.7. The SMILES string of the molecule is CN(CC(=O)Nc1ccc(Br)cn1)CC(=O)NC(Cc1ccccc1)c1ccccc1. The summed E-state index contributed by atoms with van der Waals surface area (Å²) in [5, 5.41) is 5.84. The van der Waals surface area contributed by atoms with E-state index in [0.717, 1.165) is 15.6 Å². The van der Waals surface area contributed by atoms with E-state index in [-0.39, 0.29) is 30.9 Å². The predicted molar refractivity (Wildman–Crippen MR) is 126 cm³/mol. The van der Waals surface area contributed by atoms with Crippen LogP contribution in [0.3, 0.4) is 0 Å². The number of carbonyl (C=O) groups excluding carboxylic acids is 2. The zero-order valence-electron chi connectivity index (χ0n) is 17.3. The summed E-state index contributed by atoms with van der Waals surface area (Å²) in [6.07, 6.45) is 2.30. The molecule has 0 spiro atoms. The van der Waals surface area contributed by atoms with Crippen molar-refractivity contribution in [3.63, 3.8) is 0 Å². The van der Waals surface area contributed by atoms with Crippen molar-refractivity contribution in [2.24, 2.45) is 0 Å². The van der Waals surface area contributed by atoms with E-state index in [1.165, 1.54) is 0 Å². The lowest BCUT2D eigenvalue weighted by atomic mass is 9.99. The van der Waals surface area contributed by atoms with Gasteiger partial charge in [0.05, 0.1) is 19.1 Å². The zero-order chi connectivity index (χ0) is 22.1. The molecule has 0 radical (unpaired) electrons. The fraction of sp³-hybridized carbons (Fsp3) is 0.208. The van der Waals surface area contributed by atoms with Crippen molar-refractivity contribution in [1.29, 1.82) is 0 Å². The number of carbonyl (C=O) groups is 2. The summed E-state index contributed by atoms with van der Waals surface area (Å²) in [4.78, 5) is 30.7. The van der Waals surface area contributed by atoms with Gasteiger partial charge < -0.3 is 10.6 Å². The van der Waals surface area contributed by atoms with Crippen molar-refractivity contribution in [3.05, 3.63) is 94.6 Å². The quantitative estimate of drug-likeness (QED) is 0.488. The maximum absolute atomic E-state index is 12.7. The zero-order valence-corrected chi connectivity index (χ0v) is 18.9. The Labute approximate surface area is 190 Å². The molecular weight excluding hydrogens is 456 g/mol. The smallest absolute Gasteiger partial charge is 0.239 e. The van der Waals surface area contributed by atoms with Crippen molar-refractivity contribution in [1.82, 2.24) is 15.2 Å². The first-order valence-electron chi connectivity index (χ1n) is 9.98. The standard InChI is InChI=1S/C24H25BrN4O2/c1-29(17-24(31)28-22-13-12-20(25)15-26-22)16-23(30)27-21(19-10-6-3-7-11-19)14-18-8-4-2-5-9-18/h2-13,15,21H,14,16-17H2,1H3,(H,27,30)(H,26,28,31). The number of nitrogens with zero attached hydrogens (tertiary/aromatic N) is 2. The number of hydrogen-bond acceptors (Lipinski definition) is 4. The minimum Gasteiger partial charge on any atom is -0.348 e. The molecular formula is C24H25BrN4O2. The summed E-state index contributed by atoms with van der Waals surface area (Å²) < 4.78 is 0.836. The van der Waals surface area contributed by atoms with E-state index in [9.17, 15) is 9.59 Å². The summed E-state index contributed by atoms with van der Waals surface area (Å²) in [5.74, 6) is 0.105. The second-order valence-corrected chi connectivity index (χ2v) is 8.22. The Morgan fingerprint density at radius 1 is 0.935 bits per heavy atom. The number of anilines is 1. The summed E-state index contributed by atoms with van der Waals surface area (Å²) >= 11 is 3.31. The van der Waals surface area contributed by atoms with Gasteiger partial charge >= 0.3 is 0 Å². The molecule has 6 nitrogen and oxygen atoms in total. The maximum atomic E-state index is 12.7. The number of nitrogens with one attached hydrogen (secondary N) is 2. The van der Waals surface area contributed by atoms with E-state index >= 15 is 0 Å². The second-order valence-electron chi connectivity index (χ2n) is 7.30. The van der Waals surface area contributed by atoms with Crippen molar-refractivity contribution in [3.8, 4) is 0 Å². The lowest BCUT2D eigenvalue weighted by Gasteiger charge is -2.22. The van der Waals surface area contributed by atoms with E-state index in [4.69, 9.17) is 0 Å². The van der Waals surface area contributed by atoms with Gasteiger partial charge in [0, 0.05) is 10.7 Å². The monoisotopic (exact) mass is 480 g/mol. The third-order valence-corrected chi connectivity index (χ3v) is 5.11. The van der Waals surface area contributed by atoms with Crippen LogP contribution in [0.1, 0.15) is 17.2 Å². The summed E-state index contributed by atoms with van der Waals surface area (Å²) in [5.41, 5.74) is 2.19. The highest BCUT2D eigenvalue weighted by atomic mass is 79.9. The van der Waals surface area contributed by atoms with Crippen molar-refractivity contribution in [2.45, 2.75) is 12.5 Å². The molecule has 1 aromatic heterocycles. The molecule has 160 valence electrons. The van der Waals surface area contributed by atoms with Gasteiger partial charge in [-0.15, -0.1) is 0 Å². The topological polar surface area (TPSA) is 74.3 Å². The largest absolute Gasteiger partial charge is 0.348 e. The molecule has 7 heteroatoms. The predicted octanol–water partition coefficient (Wildman–Crippen LogP) is 3.81. The van der Waals surface area contributed by atoms with Gasteiger partial charge in [-0.2, -0.15) is 0 Å². The van der Waals surface area contributed by atoms with E-state index < -0.39 is 0 Å². The molecule has 1 atom stereocenters. The Kier molecular flexibility index (Phi) is 8.32. The number of aromatic nitrogens is 1. The number of halogens is 1. The van der Waals surface area contributed by atoms with Crippen molar-refractivity contribution >= 4 is 33.6 Å². The Balaban J connectivity index is 1.55. The van der Waals surface area contributed by atoms with E-state index in [1.54, 1.807) is 30.3 Å². The van der Waals surface area contributed by atoms with Crippen LogP contribution in [0.5, 0.6) is 0 Å². The highest BCUT2D eigenvalue weighted by Gasteiger charge is 2.17. The molecule has 3 rings (SSSR count). The molecule has 0 bridgehead atoms. The molecule has 2 N–H and O–H groups in total. The molecule has 0 aliphatic carbocycles. The van der Waals surface area contributed by atoms with Gasteiger partial charge in [0.1, 0.15) is 5.82 Å². The lowest BCUT2D eigenvalue weighted by molar-refractivity contribution is -0.123. The molecule has 2 amide bonds. The van der Waals surface area contributed by atoms with Gasteiger partial charge in [-0.25, -0.2) is 4.98 Å². The van der Waals surface area contributed by atoms with E-state index in [0.29, 0.717) is 12.2 Å². The van der Waals surface area contributed by atoms with Crippen LogP contribution in [0.15, 0.2) is 83.5 Å². The van der Waals surface area contributed by atoms with Crippen LogP contribution in [0.2, 0.25) is 0 Å². The number of benzene rings is 2. The van der Waals surface area contributed by atoms with Crippen LogP contribution in [0, 0.1) is 0 Å². The number of rotatable bonds is 9. The molecule has 0 fully saturated rings. The average molecular weight is 481 g/mol. The molecule has 2 aromatic carbocycles. The average Bonchev–Trinajstić information content (AvgIpc) is 2.76.